The second kappa shape index (κ2) is 5.54. The van der Waals surface area contributed by atoms with Crippen molar-refractivity contribution in [2.24, 2.45) is 0 Å². The highest BCUT2D eigenvalue weighted by atomic mass is 35.5. The van der Waals surface area contributed by atoms with Gasteiger partial charge in [-0.3, -0.25) is 4.57 Å². The van der Waals surface area contributed by atoms with E-state index in [0.717, 1.165) is 4.57 Å². The highest BCUT2D eigenvalue weighted by Gasteiger charge is 2.29. The van der Waals surface area contributed by atoms with Gasteiger partial charge < -0.3 is 0 Å². The first kappa shape index (κ1) is 15.0. The maximum absolute atomic E-state index is 13.2. The lowest BCUT2D eigenvalue weighted by atomic mass is 10.1. The monoisotopic (exact) mass is 361 g/mol. The Kier molecular flexibility index (Phi) is 4.37. The Morgan fingerprint density at radius 3 is 2.63 bits per heavy atom. The first-order valence-corrected chi connectivity index (χ1v) is 6.81. The van der Waals surface area contributed by atoms with Crippen molar-refractivity contribution in [3.8, 4) is 0 Å². The van der Waals surface area contributed by atoms with Crippen molar-refractivity contribution in [3.63, 3.8) is 0 Å². The fourth-order valence-electron chi connectivity index (χ4n) is 1.58. The van der Waals surface area contributed by atoms with Crippen molar-refractivity contribution in [1.29, 1.82) is 0 Å². The van der Waals surface area contributed by atoms with Gasteiger partial charge in [0.05, 0.1) is 15.9 Å². The summed E-state index contributed by atoms with van der Waals surface area (Å²) in [5.74, 6) is -0.185. The molecule has 10 heteroatoms. The van der Waals surface area contributed by atoms with Gasteiger partial charge in [0.15, 0.2) is 10.7 Å². The van der Waals surface area contributed by atoms with Crippen LogP contribution in [-0.2, 0) is 0 Å². The van der Waals surface area contributed by atoms with Gasteiger partial charge in [-0.1, -0.05) is 63.1 Å². The summed E-state index contributed by atoms with van der Waals surface area (Å²) < 4.78 is 14.2. The lowest BCUT2D eigenvalue weighted by molar-refractivity contribution is 0.297. The lowest BCUT2D eigenvalue weighted by Gasteiger charge is -2.20. The van der Waals surface area contributed by atoms with Crippen molar-refractivity contribution in [2.75, 3.05) is 0 Å². The molecule has 0 saturated carbocycles. The van der Waals surface area contributed by atoms with Crippen molar-refractivity contribution < 1.29 is 4.48 Å². The van der Waals surface area contributed by atoms with Crippen LogP contribution in [0.3, 0.4) is 0 Å². The van der Waals surface area contributed by atoms with Gasteiger partial charge in [0.1, 0.15) is 0 Å². The molecule has 1 heterocycles. The van der Waals surface area contributed by atoms with Crippen LogP contribution in [0.25, 0.3) is 0 Å². The Balaban J connectivity index is 2.63. The first-order chi connectivity index (χ1) is 8.82. The molecular formula is C9H4Cl4FN3OS. The zero-order chi connectivity index (χ0) is 14.3. The summed E-state index contributed by atoms with van der Waals surface area (Å²) >= 11 is 28.1. The molecule has 1 atom stereocenters. The van der Waals surface area contributed by atoms with Gasteiger partial charge >= 0.3 is 5.69 Å². The topological polar surface area (TPSA) is 39.8 Å². The third-order valence-corrected chi connectivity index (χ3v) is 3.87. The minimum atomic E-state index is -1.20. The van der Waals surface area contributed by atoms with Crippen LogP contribution in [0.2, 0.25) is 0 Å². The van der Waals surface area contributed by atoms with Crippen LogP contribution in [0, 0.1) is 0 Å². The molecule has 0 aliphatic heterocycles. The summed E-state index contributed by atoms with van der Waals surface area (Å²) in [4.78, 5) is 10.3. The molecule has 1 aromatic rings. The number of nitrogens with zero attached hydrogens (tertiary/aromatic N) is 3. The Labute approximate surface area is 131 Å². The first-order valence-electron chi connectivity index (χ1n) is 4.77. The van der Waals surface area contributed by atoms with Crippen molar-refractivity contribution in [2.45, 2.75) is 10.9 Å². The van der Waals surface area contributed by atoms with E-state index in [1.807, 2.05) is 0 Å². The summed E-state index contributed by atoms with van der Waals surface area (Å²) in [6.45, 7) is 0. The zero-order valence-corrected chi connectivity index (χ0v) is 12.7. The molecule has 0 fully saturated rings. The van der Waals surface area contributed by atoms with Crippen LogP contribution in [0.1, 0.15) is 16.7 Å². The molecule has 1 aromatic heterocycles. The van der Waals surface area contributed by atoms with Gasteiger partial charge in [-0.05, 0) is 17.1 Å². The molecular weight excluding hydrogens is 359 g/mol. The zero-order valence-electron chi connectivity index (χ0n) is 8.86. The number of rotatable bonds is 2. The van der Waals surface area contributed by atoms with E-state index in [4.69, 9.17) is 58.6 Å². The molecule has 0 spiro atoms. The maximum atomic E-state index is 13.2. The molecule has 0 radical (unpaired) electrons. The lowest BCUT2D eigenvalue weighted by Crippen LogP contribution is -2.30. The number of allylic oxidation sites excluding steroid dienone is 4. The molecule has 2 rings (SSSR count). The summed E-state index contributed by atoms with van der Waals surface area (Å²) in [6.07, 6.45) is 2.85. The summed E-state index contributed by atoms with van der Waals surface area (Å²) in [6, 6.07) is -0.869. The molecule has 0 saturated heterocycles. The third-order valence-electron chi connectivity index (χ3n) is 2.36. The van der Waals surface area contributed by atoms with Gasteiger partial charge in [0.25, 0.3) is 0 Å². The second-order valence-electron chi connectivity index (χ2n) is 3.52. The van der Waals surface area contributed by atoms with E-state index in [2.05, 4.69) is 5.10 Å². The average molecular weight is 363 g/mol. The van der Waals surface area contributed by atoms with Gasteiger partial charge in [-0.25, -0.2) is 4.79 Å². The van der Waals surface area contributed by atoms with E-state index >= 15 is 0 Å². The van der Waals surface area contributed by atoms with Crippen LogP contribution < -0.4 is 5.69 Å². The van der Waals surface area contributed by atoms with Gasteiger partial charge in [0, 0.05) is 5.03 Å². The minimum absolute atomic E-state index is 0.178. The number of aromatic nitrogens is 3. The van der Waals surface area contributed by atoms with E-state index in [-0.39, 0.29) is 25.7 Å². The predicted octanol–water partition coefficient (Wildman–Crippen LogP) is 3.42. The van der Waals surface area contributed by atoms with E-state index in [1.165, 1.54) is 12.2 Å². The SMILES string of the molecule is O=c1n(F)nc(C(Cl)Cl)n1C1C=C(Cl)C=C(Cl)C1=S. The Hall–Kier alpha value is -0.400. The largest absolute Gasteiger partial charge is 0.376 e. The van der Waals surface area contributed by atoms with E-state index < -0.39 is 16.6 Å². The number of thiocarbonyl (C=S) groups is 1. The van der Waals surface area contributed by atoms with Crippen molar-refractivity contribution >= 4 is 63.5 Å². The smallest absolute Gasteiger partial charge is 0.262 e. The fourth-order valence-corrected chi connectivity index (χ4v) is 2.62. The average Bonchev–Trinajstić information content (AvgIpc) is 2.61. The van der Waals surface area contributed by atoms with Crippen LogP contribution in [0.4, 0.5) is 4.48 Å². The third kappa shape index (κ3) is 2.73. The van der Waals surface area contributed by atoms with E-state index in [0.29, 0.717) is 0 Å². The summed E-state index contributed by atoms with van der Waals surface area (Å²) in [5, 5.41) is 3.75. The maximum Gasteiger partial charge on any atom is 0.376 e. The van der Waals surface area contributed by atoms with Gasteiger partial charge in [-0.15, -0.1) is 5.10 Å². The molecule has 102 valence electrons. The normalized spacial score (nSPS) is 19.7. The van der Waals surface area contributed by atoms with Crippen LogP contribution in [-0.4, -0.2) is 19.4 Å². The predicted molar refractivity (Wildman–Crippen MR) is 76.9 cm³/mol. The Morgan fingerprint density at radius 2 is 2.05 bits per heavy atom. The Morgan fingerprint density at radius 1 is 1.42 bits per heavy atom. The highest BCUT2D eigenvalue weighted by molar-refractivity contribution is 7.81. The molecule has 0 bridgehead atoms. The summed E-state index contributed by atoms with van der Waals surface area (Å²) in [5.41, 5.74) is -1.07. The molecule has 4 nitrogen and oxygen atoms in total. The van der Waals surface area contributed by atoms with Crippen molar-refractivity contribution in [3.05, 3.63) is 38.5 Å². The van der Waals surface area contributed by atoms with Crippen LogP contribution in [0.5, 0.6) is 0 Å². The Bertz CT molecular complexity index is 663. The standard InChI is InChI=1S/C9H4Cl4FN3OS/c10-3-1-4(11)6(19)5(2-3)16-8(7(12)13)15-17(14)9(16)18/h1-2,5,7H. The molecule has 0 amide bonds. The van der Waals surface area contributed by atoms with E-state index in [1.54, 1.807) is 0 Å². The molecule has 0 N–H and O–H groups in total. The summed E-state index contributed by atoms with van der Waals surface area (Å²) in [7, 11) is 0. The fraction of sp³-hybridized carbons (Fsp3) is 0.222. The number of alkyl halides is 2. The highest BCUT2D eigenvalue weighted by Crippen LogP contribution is 2.31. The van der Waals surface area contributed by atoms with E-state index in [9.17, 15) is 9.28 Å². The quantitative estimate of drug-likeness (QED) is 0.597. The molecule has 1 aliphatic carbocycles. The number of hydrogen-bond acceptors (Lipinski definition) is 3. The number of halogens is 5. The second-order valence-corrected chi connectivity index (χ2v) is 5.90. The molecule has 19 heavy (non-hydrogen) atoms. The van der Waals surface area contributed by atoms with Gasteiger partial charge in [-0.2, -0.15) is 0 Å². The van der Waals surface area contributed by atoms with Gasteiger partial charge in [0.2, 0.25) is 0 Å². The van der Waals surface area contributed by atoms with Crippen molar-refractivity contribution in [1.82, 2.24) is 14.6 Å². The molecule has 1 unspecified atom stereocenters. The minimum Gasteiger partial charge on any atom is -0.262 e. The van der Waals surface area contributed by atoms with Crippen LogP contribution in [0.15, 0.2) is 27.0 Å². The molecule has 0 aromatic carbocycles. The van der Waals surface area contributed by atoms with Crippen LogP contribution >= 0.6 is 58.6 Å². The molecule has 1 aliphatic rings. The number of hydrogen-bond donors (Lipinski definition) is 0.